The third-order valence-corrected chi connectivity index (χ3v) is 6.53. The van der Waals surface area contributed by atoms with Crippen molar-refractivity contribution in [1.29, 1.82) is 0 Å². The fourth-order valence-electron chi connectivity index (χ4n) is 4.19. The first-order valence-corrected chi connectivity index (χ1v) is 12.3. The lowest BCUT2D eigenvalue weighted by Gasteiger charge is -2.33. The Bertz CT molecular complexity index is 1370. The van der Waals surface area contributed by atoms with Crippen LogP contribution in [0.1, 0.15) is 38.2 Å². The predicted molar refractivity (Wildman–Crippen MR) is 143 cm³/mol. The molecule has 38 heavy (non-hydrogen) atoms. The highest BCUT2D eigenvalue weighted by atomic mass is 19.4. The van der Waals surface area contributed by atoms with Gasteiger partial charge in [0.1, 0.15) is 0 Å². The summed E-state index contributed by atoms with van der Waals surface area (Å²) in [6, 6.07) is 10.9. The fourth-order valence-corrected chi connectivity index (χ4v) is 4.19. The largest absolute Gasteiger partial charge is 0.416 e. The van der Waals surface area contributed by atoms with Gasteiger partial charge in [-0.2, -0.15) is 13.2 Å². The highest BCUT2D eigenvalue weighted by molar-refractivity contribution is 6.04. The molecule has 1 aliphatic rings. The highest BCUT2D eigenvalue weighted by Crippen LogP contribution is 2.34. The summed E-state index contributed by atoms with van der Waals surface area (Å²) >= 11 is 0. The molecule has 3 aromatic rings. The van der Waals surface area contributed by atoms with Gasteiger partial charge < -0.3 is 15.5 Å². The Morgan fingerprint density at radius 2 is 1.76 bits per heavy atom. The molecule has 1 aromatic heterocycles. The number of alkyl halides is 3. The van der Waals surface area contributed by atoms with Crippen molar-refractivity contribution in [2.45, 2.75) is 19.6 Å². The monoisotopic (exact) mass is 521 g/mol. The predicted octanol–water partition coefficient (Wildman–Crippen LogP) is 4.85. The maximum Gasteiger partial charge on any atom is 0.416 e. The number of amides is 1. The molecule has 0 atom stereocenters. The number of hydrogen-bond acceptors (Lipinski definition) is 5. The molecule has 9 heteroatoms. The summed E-state index contributed by atoms with van der Waals surface area (Å²) in [7, 11) is 3.79. The maximum absolute atomic E-state index is 13.9. The van der Waals surface area contributed by atoms with Crippen molar-refractivity contribution in [3.8, 4) is 11.8 Å². The third-order valence-electron chi connectivity index (χ3n) is 6.53. The second kappa shape index (κ2) is 11.7. The number of carbonyl (C=O) groups excluding carboxylic acids is 1. The highest BCUT2D eigenvalue weighted by Gasteiger charge is 2.34. The average Bonchev–Trinajstić information content (AvgIpc) is 2.89. The van der Waals surface area contributed by atoms with Gasteiger partial charge in [-0.15, -0.1) is 0 Å². The van der Waals surface area contributed by atoms with Crippen LogP contribution in [0.15, 0.2) is 54.9 Å². The zero-order valence-electron chi connectivity index (χ0n) is 21.6. The van der Waals surface area contributed by atoms with Gasteiger partial charge in [0.25, 0.3) is 5.91 Å². The summed E-state index contributed by atoms with van der Waals surface area (Å²) in [5.74, 6) is 5.60. The number of carbonyl (C=O) groups is 1. The van der Waals surface area contributed by atoms with Crippen LogP contribution in [0.4, 0.5) is 24.5 Å². The van der Waals surface area contributed by atoms with Gasteiger partial charge in [-0.3, -0.25) is 14.7 Å². The molecular weight excluding hydrogens is 491 g/mol. The number of nitrogens with zero attached hydrogens (tertiary/aromatic N) is 3. The average molecular weight is 522 g/mol. The van der Waals surface area contributed by atoms with Crippen LogP contribution in [-0.4, -0.2) is 61.0 Å². The van der Waals surface area contributed by atoms with E-state index < -0.39 is 17.6 Å². The van der Waals surface area contributed by atoms with Crippen molar-refractivity contribution < 1.29 is 18.0 Å². The minimum absolute atomic E-state index is 0.0904. The Morgan fingerprint density at radius 1 is 1.00 bits per heavy atom. The molecule has 0 aliphatic carbocycles. The standard InChI is InChI=1S/C29H30F3N5O/c1-20-4-6-23(15-22(20)7-5-21-14-26(33-2)18-34-17-21)28(38)35-25-9-8-24(27(16-25)29(30,31)32)19-37-12-10-36(3)11-13-37/h4,6,8-9,14-18,33H,10-13,19H2,1-3H3,(H,35,38). The van der Waals surface area contributed by atoms with E-state index in [4.69, 9.17) is 0 Å². The summed E-state index contributed by atoms with van der Waals surface area (Å²) in [6.45, 7) is 5.15. The van der Waals surface area contributed by atoms with Gasteiger partial charge in [-0.1, -0.05) is 24.0 Å². The Kier molecular flexibility index (Phi) is 8.35. The first kappa shape index (κ1) is 27.2. The number of piperazine rings is 1. The van der Waals surface area contributed by atoms with E-state index in [0.29, 0.717) is 29.8 Å². The van der Waals surface area contributed by atoms with E-state index in [1.54, 1.807) is 37.6 Å². The molecule has 0 unspecified atom stereocenters. The van der Waals surface area contributed by atoms with Gasteiger partial charge >= 0.3 is 6.18 Å². The third kappa shape index (κ3) is 6.91. The second-order valence-corrected chi connectivity index (χ2v) is 9.40. The molecule has 4 rings (SSSR count). The lowest BCUT2D eigenvalue weighted by Crippen LogP contribution is -2.44. The number of hydrogen-bond donors (Lipinski definition) is 2. The van der Waals surface area contributed by atoms with Crippen molar-refractivity contribution >= 4 is 17.3 Å². The lowest BCUT2D eigenvalue weighted by molar-refractivity contribution is -0.138. The van der Waals surface area contributed by atoms with Crippen molar-refractivity contribution in [2.75, 3.05) is 50.9 Å². The zero-order valence-corrected chi connectivity index (χ0v) is 21.6. The minimum atomic E-state index is -4.53. The summed E-state index contributed by atoms with van der Waals surface area (Å²) < 4.78 is 41.7. The molecule has 6 nitrogen and oxygen atoms in total. The molecule has 0 saturated carbocycles. The van der Waals surface area contributed by atoms with Crippen LogP contribution in [0, 0.1) is 18.8 Å². The Morgan fingerprint density at radius 3 is 2.47 bits per heavy atom. The Labute approximate surface area is 220 Å². The van der Waals surface area contributed by atoms with E-state index in [1.165, 1.54) is 12.1 Å². The van der Waals surface area contributed by atoms with Crippen LogP contribution in [-0.2, 0) is 12.7 Å². The zero-order chi connectivity index (χ0) is 27.3. The van der Waals surface area contributed by atoms with Crippen LogP contribution in [0.3, 0.4) is 0 Å². The Hall–Kier alpha value is -3.87. The Balaban J connectivity index is 1.52. The summed E-state index contributed by atoms with van der Waals surface area (Å²) in [5, 5.41) is 5.62. The first-order chi connectivity index (χ1) is 18.1. The van der Waals surface area contributed by atoms with Crippen LogP contribution >= 0.6 is 0 Å². The number of nitrogens with one attached hydrogen (secondary N) is 2. The molecule has 0 radical (unpaired) electrons. The van der Waals surface area contributed by atoms with E-state index in [9.17, 15) is 18.0 Å². The summed E-state index contributed by atoms with van der Waals surface area (Å²) in [6.07, 6.45) is -1.20. The van der Waals surface area contributed by atoms with E-state index in [-0.39, 0.29) is 17.8 Å². The number of aryl methyl sites for hydroxylation is 1. The van der Waals surface area contributed by atoms with Crippen molar-refractivity contribution in [3.63, 3.8) is 0 Å². The van der Waals surface area contributed by atoms with Crippen molar-refractivity contribution in [2.24, 2.45) is 0 Å². The normalized spacial score (nSPS) is 14.5. The number of aromatic nitrogens is 1. The van der Waals surface area contributed by atoms with Crippen LogP contribution in [0.25, 0.3) is 0 Å². The first-order valence-electron chi connectivity index (χ1n) is 12.3. The van der Waals surface area contributed by atoms with Gasteiger partial charge in [0.15, 0.2) is 0 Å². The fraction of sp³-hybridized carbons (Fsp3) is 0.310. The van der Waals surface area contributed by atoms with E-state index >= 15 is 0 Å². The molecule has 1 fully saturated rings. The van der Waals surface area contributed by atoms with Crippen LogP contribution in [0.2, 0.25) is 0 Å². The topological polar surface area (TPSA) is 60.5 Å². The number of likely N-dealkylation sites (N-methyl/N-ethyl adjacent to an activating group) is 1. The number of pyridine rings is 1. The maximum atomic E-state index is 13.9. The molecule has 1 amide bonds. The number of anilines is 2. The summed E-state index contributed by atoms with van der Waals surface area (Å²) in [5.41, 5.74) is 2.92. The van der Waals surface area contributed by atoms with Crippen molar-refractivity contribution in [3.05, 3.63) is 88.2 Å². The quantitative estimate of drug-likeness (QED) is 0.470. The molecule has 2 heterocycles. The number of benzene rings is 2. The molecule has 2 N–H and O–H groups in total. The van der Waals surface area contributed by atoms with Crippen LogP contribution < -0.4 is 10.6 Å². The SMILES string of the molecule is CNc1cncc(C#Cc2cc(C(=O)Nc3ccc(CN4CCN(C)CC4)c(C(F)(F)F)c3)ccc2C)c1. The molecule has 2 aromatic carbocycles. The molecule has 1 saturated heterocycles. The number of halogens is 3. The van der Waals surface area contributed by atoms with Gasteiger partial charge in [0.2, 0.25) is 0 Å². The van der Waals surface area contributed by atoms with Crippen LogP contribution in [0.5, 0.6) is 0 Å². The van der Waals surface area contributed by atoms with E-state index in [0.717, 1.165) is 30.4 Å². The minimum Gasteiger partial charge on any atom is -0.387 e. The van der Waals surface area contributed by atoms with Gasteiger partial charge in [0.05, 0.1) is 17.4 Å². The molecule has 1 aliphatic heterocycles. The van der Waals surface area contributed by atoms with Gasteiger partial charge in [-0.05, 0) is 55.4 Å². The number of rotatable bonds is 5. The molecule has 198 valence electrons. The van der Waals surface area contributed by atoms with Gasteiger partial charge in [-0.25, -0.2) is 0 Å². The smallest absolute Gasteiger partial charge is 0.387 e. The van der Waals surface area contributed by atoms with E-state index in [2.05, 4.69) is 32.4 Å². The molecule has 0 bridgehead atoms. The second-order valence-electron chi connectivity index (χ2n) is 9.40. The van der Waals surface area contributed by atoms with Gasteiger partial charge in [0, 0.05) is 68.3 Å². The lowest BCUT2D eigenvalue weighted by atomic mass is 10.0. The van der Waals surface area contributed by atoms with Crippen molar-refractivity contribution in [1.82, 2.24) is 14.8 Å². The van der Waals surface area contributed by atoms with E-state index in [1.807, 2.05) is 24.9 Å². The molecule has 0 spiro atoms. The summed E-state index contributed by atoms with van der Waals surface area (Å²) in [4.78, 5) is 21.3. The molecular formula is C29H30F3N5O.